The summed E-state index contributed by atoms with van der Waals surface area (Å²) < 4.78 is 1.37. The molecule has 2 aromatic heterocycles. The number of hydrogen-bond donors (Lipinski definition) is 3. The van der Waals surface area contributed by atoms with Gasteiger partial charge in [-0.3, -0.25) is 18.8 Å². The molecule has 0 radical (unpaired) electrons. The van der Waals surface area contributed by atoms with E-state index in [4.69, 9.17) is 5.11 Å². The van der Waals surface area contributed by atoms with Crippen molar-refractivity contribution in [2.24, 2.45) is 5.41 Å². The molecule has 3 rings (SSSR count). The van der Waals surface area contributed by atoms with Gasteiger partial charge < -0.3 is 15.5 Å². The van der Waals surface area contributed by atoms with Crippen molar-refractivity contribution in [1.82, 2.24) is 14.7 Å². The van der Waals surface area contributed by atoms with Crippen LogP contribution in [0.15, 0.2) is 4.79 Å². The zero-order valence-corrected chi connectivity index (χ0v) is 14.1. The lowest BCUT2D eigenvalue weighted by atomic mass is 9.78. The molecule has 1 aliphatic rings. The average molecular weight is 351 g/mol. The van der Waals surface area contributed by atoms with Gasteiger partial charge in [-0.15, -0.1) is 11.3 Å². The molecule has 0 aromatic carbocycles. The van der Waals surface area contributed by atoms with Crippen molar-refractivity contribution in [3.8, 4) is 5.88 Å². The van der Waals surface area contributed by atoms with Gasteiger partial charge in [0.1, 0.15) is 6.54 Å². The number of aliphatic carboxylic acids is 1. The minimum atomic E-state index is -1.24. The first kappa shape index (κ1) is 16.4. The van der Waals surface area contributed by atoms with Crippen LogP contribution in [0.4, 0.5) is 0 Å². The molecule has 0 atom stereocenters. The molecular weight excluding hydrogens is 334 g/mol. The summed E-state index contributed by atoms with van der Waals surface area (Å²) in [4.78, 5) is 40.7. The van der Waals surface area contributed by atoms with Gasteiger partial charge in [-0.1, -0.05) is 13.8 Å². The van der Waals surface area contributed by atoms with Crippen molar-refractivity contribution in [2.45, 2.75) is 33.1 Å². The van der Waals surface area contributed by atoms with Crippen LogP contribution in [-0.4, -0.2) is 38.0 Å². The summed E-state index contributed by atoms with van der Waals surface area (Å²) in [5, 5.41) is 20.7. The largest absolute Gasteiger partial charge is 0.492 e. The number of carbonyl (C=O) groups excluding carboxylic acids is 1. The predicted octanol–water partition coefficient (Wildman–Crippen LogP) is 0.791. The quantitative estimate of drug-likeness (QED) is 0.752. The molecule has 2 heterocycles. The normalized spacial score (nSPS) is 15.9. The minimum Gasteiger partial charge on any atom is -0.492 e. The number of hydrogen-bond acceptors (Lipinski definition) is 6. The Morgan fingerprint density at radius 3 is 2.79 bits per heavy atom. The van der Waals surface area contributed by atoms with Crippen molar-refractivity contribution in [3.63, 3.8) is 0 Å². The van der Waals surface area contributed by atoms with Gasteiger partial charge in [0.05, 0.1) is 0 Å². The Balaban J connectivity index is 2.14. The van der Waals surface area contributed by atoms with Crippen molar-refractivity contribution in [2.75, 3.05) is 6.54 Å². The van der Waals surface area contributed by atoms with Crippen molar-refractivity contribution >= 4 is 28.2 Å². The third-order valence-corrected chi connectivity index (χ3v) is 5.28. The maximum Gasteiger partial charge on any atom is 0.322 e. The zero-order chi connectivity index (χ0) is 17.6. The van der Waals surface area contributed by atoms with E-state index < -0.39 is 35.4 Å². The van der Waals surface area contributed by atoms with E-state index in [0.29, 0.717) is 11.4 Å². The van der Waals surface area contributed by atoms with Gasteiger partial charge in [0, 0.05) is 10.6 Å². The monoisotopic (exact) mass is 351 g/mol. The second kappa shape index (κ2) is 5.59. The zero-order valence-electron chi connectivity index (χ0n) is 13.3. The fourth-order valence-corrected chi connectivity index (χ4v) is 4.02. The van der Waals surface area contributed by atoms with Crippen LogP contribution < -0.4 is 10.9 Å². The van der Waals surface area contributed by atoms with Gasteiger partial charge in [-0.2, -0.15) is 4.98 Å². The lowest BCUT2D eigenvalue weighted by molar-refractivity contribution is -0.135. The van der Waals surface area contributed by atoms with Crippen LogP contribution in [0.3, 0.4) is 0 Å². The topological polar surface area (TPSA) is 121 Å². The number of aromatic hydroxyl groups is 1. The highest BCUT2D eigenvalue weighted by Gasteiger charge is 2.31. The Morgan fingerprint density at radius 1 is 1.42 bits per heavy atom. The number of carboxylic acid groups (broad SMARTS) is 1. The van der Waals surface area contributed by atoms with Crippen LogP contribution in [-0.2, 0) is 17.6 Å². The van der Waals surface area contributed by atoms with Crippen molar-refractivity contribution in [3.05, 3.63) is 26.5 Å². The predicted molar refractivity (Wildman–Crippen MR) is 86.8 cm³/mol. The van der Waals surface area contributed by atoms with Crippen LogP contribution >= 0.6 is 11.3 Å². The number of rotatable bonds is 3. The van der Waals surface area contributed by atoms with Crippen LogP contribution in [0, 0.1) is 5.41 Å². The summed E-state index contributed by atoms with van der Waals surface area (Å²) >= 11 is 1.33. The summed E-state index contributed by atoms with van der Waals surface area (Å²) in [5.41, 5.74) is -0.353. The summed E-state index contributed by atoms with van der Waals surface area (Å²) in [5.74, 6) is -2.87. The number of amides is 1. The SMILES string of the molecule is CC1(C)CCc2sc3nc(O)c(C(=O)NCC(=O)O)c(=O)n3c2C1. The Hall–Kier alpha value is -2.42. The molecule has 2 aromatic rings. The van der Waals surface area contributed by atoms with E-state index in [1.165, 1.54) is 15.7 Å². The molecule has 0 fully saturated rings. The first-order valence-electron chi connectivity index (χ1n) is 7.46. The maximum absolute atomic E-state index is 12.7. The molecule has 0 saturated heterocycles. The number of aromatic nitrogens is 2. The van der Waals surface area contributed by atoms with E-state index >= 15 is 0 Å². The standard InChI is InChI=1S/C15H17N3O5S/c1-15(2)4-3-8-7(5-15)18-13(23)10(11(21)16-6-9(19)20)12(22)17-14(18)24-8/h22H,3-6H2,1-2H3,(H,16,21)(H,19,20). The Kier molecular flexibility index (Phi) is 3.83. The van der Waals surface area contributed by atoms with E-state index in [1.54, 1.807) is 0 Å². The van der Waals surface area contributed by atoms with Crippen LogP contribution in [0.25, 0.3) is 4.96 Å². The molecule has 0 spiro atoms. The first-order chi connectivity index (χ1) is 11.2. The molecule has 24 heavy (non-hydrogen) atoms. The second-order valence-electron chi connectivity index (χ2n) is 6.62. The van der Waals surface area contributed by atoms with Gasteiger partial charge in [0.15, 0.2) is 10.5 Å². The fraction of sp³-hybridized carbons (Fsp3) is 0.467. The van der Waals surface area contributed by atoms with Gasteiger partial charge in [-0.25, -0.2) is 0 Å². The van der Waals surface area contributed by atoms with Crippen LogP contribution in [0.5, 0.6) is 5.88 Å². The van der Waals surface area contributed by atoms with E-state index in [-0.39, 0.29) is 5.41 Å². The number of nitrogens with zero attached hydrogens (tertiary/aromatic N) is 2. The van der Waals surface area contributed by atoms with Gasteiger partial charge in [0.25, 0.3) is 11.5 Å². The van der Waals surface area contributed by atoms with E-state index in [0.717, 1.165) is 23.4 Å². The van der Waals surface area contributed by atoms with E-state index in [1.807, 2.05) is 0 Å². The summed E-state index contributed by atoms with van der Waals surface area (Å²) in [6.45, 7) is 3.58. The molecule has 128 valence electrons. The molecule has 9 heteroatoms. The number of aryl methyl sites for hydroxylation is 1. The summed E-state index contributed by atoms with van der Waals surface area (Å²) in [7, 11) is 0. The fourth-order valence-electron chi connectivity index (χ4n) is 2.90. The van der Waals surface area contributed by atoms with E-state index in [9.17, 15) is 19.5 Å². The summed E-state index contributed by atoms with van der Waals surface area (Å²) in [6.07, 6.45) is 2.47. The lowest BCUT2D eigenvalue weighted by Gasteiger charge is -2.29. The van der Waals surface area contributed by atoms with Crippen LogP contribution in [0.1, 0.15) is 41.2 Å². The maximum atomic E-state index is 12.7. The number of fused-ring (bicyclic) bond motifs is 3. The van der Waals surface area contributed by atoms with Gasteiger partial charge >= 0.3 is 5.97 Å². The number of carboxylic acids is 1. The lowest BCUT2D eigenvalue weighted by Crippen LogP contribution is -2.35. The van der Waals surface area contributed by atoms with Gasteiger partial charge in [0.2, 0.25) is 5.88 Å². The van der Waals surface area contributed by atoms with Crippen LogP contribution in [0.2, 0.25) is 0 Å². The molecule has 1 aliphatic carbocycles. The third-order valence-electron chi connectivity index (χ3n) is 4.14. The molecule has 0 bridgehead atoms. The Bertz CT molecular complexity index is 912. The highest BCUT2D eigenvalue weighted by atomic mass is 32.1. The highest BCUT2D eigenvalue weighted by Crippen LogP contribution is 2.38. The smallest absolute Gasteiger partial charge is 0.322 e. The first-order valence-corrected chi connectivity index (χ1v) is 8.27. The molecular formula is C15H17N3O5S. The molecule has 0 aliphatic heterocycles. The minimum absolute atomic E-state index is 0.0318. The molecule has 3 N–H and O–H groups in total. The Labute approximate surface area is 140 Å². The van der Waals surface area contributed by atoms with Crippen molar-refractivity contribution < 1.29 is 19.8 Å². The third kappa shape index (κ3) is 2.75. The second-order valence-corrected chi connectivity index (χ2v) is 7.68. The molecule has 0 saturated carbocycles. The number of carbonyl (C=O) groups is 2. The molecule has 1 amide bonds. The summed E-state index contributed by atoms with van der Waals surface area (Å²) in [6, 6.07) is 0. The van der Waals surface area contributed by atoms with Crippen molar-refractivity contribution in [1.29, 1.82) is 0 Å². The molecule has 8 nitrogen and oxygen atoms in total. The average Bonchev–Trinajstić information content (AvgIpc) is 2.81. The highest BCUT2D eigenvalue weighted by molar-refractivity contribution is 7.17. The number of nitrogens with one attached hydrogen (secondary N) is 1. The molecule has 0 unspecified atom stereocenters. The van der Waals surface area contributed by atoms with E-state index in [2.05, 4.69) is 24.1 Å². The Morgan fingerprint density at radius 2 is 2.12 bits per heavy atom. The number of thiazole rings is 1. The van der Waals surface area contributed by atoms with Gasteiger partial charge in [-0.05, 0) is 24.7 Å².